The molecule has 3 aromatic rings. The van der Waals surface area contributed by atoms with Crippen LogP contribution in [0.5, 0.6) is 17.2 Å². The fraction of sp³-hybridized carbons (Fsp3) is 0.333. The molecule has 0 radical (unpaired) electrons. The summed E-state index contributed by atoms with van der Waals surface area (Å²) in [6.07, 6.45) is 7.68. The van der Waals surface area contributed by atoms with Crippen molar-refractivity contribution in [3.8, 4) is 28.5 Å². The molecule has 1 fully saturated rings. The Kier molecular flexibility index (Phi) is 7.17. The van der Waals surface area contributed by atoms with E-state index in [1.807, 2.05) is 28.9 Å². The number of hydrogen-bond acceptors (Lipinski definition) is 6. The minimum absolute atomic E-state index is 0.0369. The van der Waals surface area contributed by atoms with Gasteiger partial charge in [0, 0.05) is 21.5 Å². The van der Waals surface area contributed by atoms with E-state index in [2.05, 4.69) is 5.38 Å². The highest BCUT2D eigenvalue weighted by molar-refractivity contribution is 7.07. The molecule has 1 aliphatic rings. The maximum atomic E-state index is 10.2. The van der Waals surface area contributed by atoms with Gasteiger partial charge in [0.2, 0.25) is 10.6 Å². The maximum absolute atomic E-state index is 10.2. The predicted molar refractivity (Wildman–Crippen MR) is 129 cm³/mol. The van der Waals surface area contributed by atoms with Crippen molar-refractivity contribution >= 4 is 29.2 Å². The van der Waals surface area contributed by atoms with Crippen molar-refractivity contribution < 1.29 is 14.6 Å². The van der Waals surface area contributed by atoms with E-state index in [0.29, 0.717) is 22.6 Å². The average molecular weight is 472 g/mol. The molecule has 8 heteroatoms. The van der Waals surface area contributed by atoms with Crippen LogP contribution in [-0.4, -0.2) is 36.3 Å². The van der Waals surface area contributed by atoms with Crippen LogP contribution in [0.4, 0.5) is 0 Å². The SMILES string of the molecule is COc1cc(/C=N/n2c(-c3ccc(Cl)cc3)csc2=NC2CCCCC2)cc(OC)c1O. The van der Waals surface area contributed by atoms with Crippen molar-refractivity contribution in [1.82, 2.24) is 4.68 Å². The molecule has 0 amide bonds. The Morgan fingerprint density at radius 3 is 2.34 bits per heavy atom. The van der Waals surface area contributed by atoms with Crippen molar-refractivity contribution in [3.63, 3.8) is 0 Å². The van der Waals surface area contributed by atoms with Gasteiger partial charge in [0.1, 0.15) is 0 Å². The van der Waals surface area contributed by atoms with Gasteiger partial charge in [0.15, 0.2) is 11.5 Å². The molecule has 1 aromatic heterocycles. The summed E-state index contributed by atoms with van der Waals surface area (Å²) in [7, 11) is 3.01. The summed E-state index contributed by atoms with van der Waals surface area (Å²) in [5.41, 5.74) is 2.69. The van der Waals surface area contributed by atoms with Crippen LogP contribution in [0, 0.1) is 0 Å². The summed E-state index contributed by atoms with van der Waals surface area (Å²) in [5.74, 6) is 0.613. The lowest BCUT2D eigenvalue weighted by atomic mass is 9.96. The summed E-state index contributed by atoms with van der Waals surface area (Å²) >= 11 is 7.67. The fourth-order valence-electron chi connectivity index (χ4n) is 3.80. The Hall–Kier alpha value is -2.77. The predicted octanol–water partition coefficient (Wildman–Crippen LogP) is 5.71. The van der Waals surface area contributed by atoms with Crippen LogP contribution in [0.15, 0.2) is 51.9 Å². The quantitative estimate of drug-likeness (QED) is 0.468. The summed E-state index contributed by atoms with van der Waals surface area (Å²) in [6.45, 7) is 0. The topological polar surface area (TPSA) is 68.3 Å². The van der Waals surface area contributed by atoms with Crippen molar-refractivity contribution in [1.29, 1.82) is 0 Å². The third kappa shape index (κ3) is 5.00. The monoisotopic (exact) mass is 471 g/mol. The van der Waals surface area contributed by atoms with Crippen molar-refractivity contribution in [2.24, 2.45) is 10.1 Å². The van der Waals surface area contributed by atoms with E-state index in [0.717, 1.165) is 34.5 Å². The van der Waals surface area contributed by atoms with Gasteiger partial charge < -0.3 is 14.6 Å². The summed E-state index contributed by atoms with van der Waals surface area (Å²) in [4.78, 5) is 5.89. The standard InChI is InChI=1S/C24H26ClN3O3S/c1-30-21-12-16(13-22(31-2)23(21)29)14-26-28-20(17-8-10-18(25)11-9-17)15-32-24(28)27-19-6-4-3-5-7-19/h8-15,19,29H,3-7H2,1-2H3/b26-14+,27-24?. The van der Waals surface area contributed by atoms with E-state index in [-0.39, 0.29) is 5.75 Å². The zero-order valence-corrected chi connectivity index (χ0v) is 19.7. The lowest BCUT2D eigenvalue weighted by molar-refractivity contribution is 0.340. The highest BCUT2D eigenvalue weighted by Gasteiger charge is 2.15. The minimum Gasteiger partial charge on any atom is -0.502 e. The Balaban J connectivity index is 1.78. The highest BCUT2D eigenvalue weighted by Crippen LogP contribution is 2.36. The molecule has 1 aliphatic carbocycles. The molecular formula is C24H26ClN3O3S. The smallest absolute Gasteiger partial charge is 0.206 e. The first-order valence-electron chi connectivity index (χ1n) is 10.6. The molecule has 1 saturated carbocycles. The number of phenols is 1. The van der Waals surface area contributed by atoms with E-state index in [1.54, 1.807) is 29.7 Å². The van der Waals surface area contributed by atoms with Crippen LogP contribution in [0.2, 0.25) is 5.02 Å². The number of phenolic OH excluding ortho intramolecular Hbond substituents is 1. The Bertz CT molecular complexity index is 1140. The zero-order valence-electron chi connectivity index (χ0n) is 18.1. The van der Waals surface area contributed by atoms with Crippen molar-refractivity contribution in [2.75, 3.05) is 14.2 Å². The molecule has 0 spiro atoms. The lowest BCUT2D eigenvalue weighted by Crippen LogP contribution is -2.19. The second kappa shape index (κ2) is 10.2. The fourth-order valence-corrected chi connectivity index (χ4v) is 4.83. The molecule has 0 atom stereocenters. The van der Waals surface area contributed by atoms with Crippen LogP contribution >= 0.6 is 22.9 Å². The van der Waals surface area contributed by atoms with E-state index >= 15 is 0 Å². The second-order valence-electron chi connectivity index (χ2n) is 7.66. The number of aromatic nitrogens is 1. The average Bonchev–Trinajstić information content (AvgIpc) is 3.21. The number of methoxy groups -OCH3 is 2. The van der Waals surface area contributed by atoms with Crippen LogP contribution in [0.3, 0.4) is 0 Å². The lowest BCUT2D eigenvalue weighted by Gasteiger charge is -2.16. The number of nitrogens with zero attached hydrogens (tertiary/aromatic N) is 3. The molecule has 0 bridgehead atoms. The van der Waals surface area contributed by atoms with Gasteiger partial charge >= 0.3 is 0 Å². The number of halogens is 1. The molecule has 6 nitrogen and oxygen atoms in total. The van der Waals surface area contributed by atoms with Gasteiger partial charge in [0.25, 0.3) is 0 Å². The number of aromatic hydroxyl groups is 1. The number of thiazole rings is 1. The molecule has 32 heavy (non-hydrogen) atoms. The molecule has 168 valence electrons. The molecule has 1 heterocycles. The number of hydrogen-bond donors (Lipinski definition) is 1. The van der Waals surface area contributed by atoms with Crippen LogP contribution in [0.1, 0.15) is 37.7 Å². The van der Waals surface area contributed by atoms with Gasteiger partial charge in [-0.25, -0.2) is 4.68 Å². The van der Waals surface area contributed by atoms with Gasteiger partial charge in [-0.05, 0) is 37.1 Å². The molecular weight excluding hydrogens is 446 g/mol. The van der Waals surface area contributed by atoms with Gasteiger partial charge in [0.05, 0.1) is 32.2 Å². The van der Waals surface area contributed by atoms with E-state index < -0.39 is 0 Å². The zero-order chi connectivity index (χ0) is 22.5. The highest BCUT2D eigenvalue weighted by atomic mass is 35.5. The van der Waals surface area contributed by atoms with Gasteiger partial charge in [-0.2, -0.15) is 5.10 Å². The Morgan fingerprint density at radius 1 is 1.06 bits per heavy atom. The number of ether oxygens (including phenoxy) is 2. The number of rotatable bonds is 6. The Labute approximate surface area is 196 Å². The number of benzene rings is 2. The first-order chi connectivity index (χ1) is 15.6. The molecule has 4 rings (SSSR count). The van der Waals surface area contributed by atoms with E-state index in [9.17, 15) is 5.11 Å². The van der Waals surface area contributed by atoms with Gasteiger partial charge in [-0.3, -0.25) is 4.99 Å². The molecule has 1 N–H and O–H groups in total. The molecule has 2 aromatic carbocycles. The first-order valence-corrected chi connectivity index (χ1v) is 11.8. The van der Waals surface area contributed by atoms with Crippen molar-refractivity contribution in [2.45, 2.75) is 38.1 Å². The molecule has 0 unspecified atom stereocenters. The second-order valence-corrected chi connectivity index (χ2v) is 8.93. The summed E-state index contributed by atoms with van der Waals surface area (Å²) < 4.78 is 12.4. The summed E-state index contributed by atoms with van der Waals surface area (Å²) in [5, 5.41) is 17.7. The van der Waals surface area contributed by atoms with E-state index in [4.69, 9.17) is 31.2 Å². The van der Waals surface area contributed by atoms with Gasteiger partial charge in [-0.15, -0.1) is 11.3 Å². The van der Waals surface area contributed by atoms with Crippen LogP contribution in [-0.2, 0) is 0 Å². The third-order valence-corrected chi connectivity index (χ3v) is 6.60. The Morgan fingerprint density at radius 2 is 1.72 bits per heavy atom. The molecule has 0 aliphatic heterocycles. The van der Waals surface area contributed by atoms with Crippen LogP contribution in [0.25, 0.3) is 11.3 Å². The summed E-state index contributed by atoms with van der Waals surface area (Å²) in [6, 6.07) is 11.5. The normalized spacial score (nSPS) is 15.4. The largest absolute Gasteiger partial charge is 0.502 e. The third-order valence-electron chi connectivity index (χ3n) is 5.52. The maximum Gasteiger partial charge on any atom is 0.206 e. The van der Waals surface area contributed by atoms with Crippen molar-refractivity contribution in [3.05, 3.63) is 57.2 Å². The van der Waals surface area contributed by atoms with Gasteiger partial charge in [-0.1, -0.05) is 43.0 Å². The minimum atomic E-state index is -0.0369. The molecule has 0 saturated heterocycles. The van der Waals surface area contributed by atoms with Crippen LogP contribution < -0.4 is 14.3 Å². The van der Waals surface area contributed by atoms with E-state index in [1.165, 1.54) is 33.5 Å². The first kappa shape index (κ1) is 22.4.